The Labute approximate surface area is 429 Å². The van der Waals surface area contributed by atoms with Crippen LogP contribution >= 0.6 is 0 Å². The fourth-order valence-corrected chi connectivity index (χ4v) is 9.47. The van der Waals surface area contributed by atoms with E-state index in [1.54, 1.807) is 0 Å². The zero-order chi connectivity index (χ0) is 57.0. The molecule has 5 atom stereocenters. The van der Waals surface area contributed by atoms with Crippen LogP contribution in [-0.2, 0) is 23.7 Å². The zero-order valence-electron chi connectivity index (χ0n) is 38.2. The Bertz CT molecular complexity index is 4260. The summed E-state index contributed by atoms with van der Waals surface area (Å²) in [5.74, 6) is -33.9. The highest BCUT2D eigenvalue weighted by Crippen LogP contribution is 2.59. The van der Waals surface area contributed by atoms with Gasteiger partial charge < -0.3 is 124 Å². The third-order valence-electron chi connectivity index (χ3n) is 13.1. The Hall–Kier alpha value is -11.3. The van der Waals surface area contributed by atoms with E-state index in [0.29, 0.717) is 18.2 Å². The smallest absolute Gasteiger partial charge is 0.348 e. The van der Waals surface area contributed by atoms with Gasteiger partial charge in [0.15, 0.2) is 93.3 Å². The summed E-state index contributed by atoms with van der Waals surface area (Å²) in [4.78, 5) is 86.0. The van der Waals surface area contributed by atoms with Gasteiger partial charge in [-0.1, -0.05) is 0 Å². The lowest BCUT2D eigenvalue weighted by atomic mass is 9.90. The van der Waals surface area contributed by atoms with Gasteiger partial charge in [-0.05, 0) is 18.2 Å². The summed E-state index contributed by atoms with van der Waals surface area (Å²) in [6, 6.07) is 1.39. The van der Waals surface area contributed by atoms with Crippen molar-refractivity contribution in [2.75, 3.05) is 6.61 Å². The van der Waals surface area contributed by atoms with Crippen molar-refractivity contribution in [3.05, 3.63) is 67.4 Å². The third kappa shape index (κ3) is 6.85. The number of carbonyl (C=O) groups is 4. The molecular weight excluding hydrogens is 1070 g/mol. The van der Waals surface area contributed by atoms with Crippen LogP contribution in [0.1, 0.15) is 41.4 Å². The predicted octanol–water partition coefficient (Wildman–Crippen LogP) is 2.08. The number of phenols is 16. The molecule has 0 amide bonds. The van der Waals surface area contributed by atoms with Crippen LogP contribution in [0, 0.1) is 0 Å². The Morgan fingerprint density at radius 3 is 1.30 bits per heavy atom. The SMILES string of the molecule is O=C1OC[C@H]2O[C@@H](O)[C@@H]3OC(=O)c4cc(O)c(O)c(O)c4-c4c(cc(O)c(O)c4O)C(=O)O[C@H]3[C@H]2OC(=O)c2cc(O)c(O)c(O)c2-c2c(O)c(O)c3oc(=O)c4c(O)c(O)c(c5oc(=O)c2c3c54)Oc2c1cc(O)c(O)c2O. The van der Waals surface area contributed by atoms with Gasteiger partial charge in [0.1, 0.15) is 23.7 Å². The predicted molar refractivity (Wildman–Crippen MR) is 246 cm³/mol. The number of esters is 4. The first-order valence-electron chi connectivity index (χ1n) is 21.9. The minimum Gasteiger partial charge on any atom is -0.504 e. The molecule has 17 N–H and O–H groups in total. The van der Waals surface area contributed by atoms with Crippen molar-refractivity contribution in [1.29, 1.82) is 0 Å². The third-order valence-corrected chi connectivity index (χ3v) is 13.1. The molecule has 3 aliphatic rings. The maximum Gasteiger partial charge on any atom is 0.348 e. The Morgan fingerprint density at radius 2 is 0.772 bits per heavy atom. The van der Waals surface area contributed by atoms with Crippen molar-refractivity contribution in [2.45, 2.75) is 30.7 Å². The van der Waals surface area contributed by atoms with Gasteiger partial charge in [-0.15, -0.1) is 0 Å². The summed E-state index contributed by atoms with van der Waals surface area (Å²) >= 11 is 0. The van der Waals surface area contributed by atoms with E-state index in [4.69, 9.17) is 37.3 Å². The van der Waals surface area contributed by atoms with Crippen molar-refractivity contribution in [2.24, 2.45) is 0 Å². The van der Waals surface area contributed by atoms with Crippen LogP contribution in [0.5, 0.6) is 103 Å². The molecular formula is C48H28O31. The molecule has 5 heterocycles. The van der Waals surface area contributed by atoms with Gasteiger partial charge in [0, 0.05) is 33.7 Å². The van der Waals surface area contributed by atoms with Gasteiger partial charge in [-0.3, -0.25) is 0 Å². The molecule has 2 aromatic heterocycles. The largest absolute Gasteiger partial charge is 0.504 e. The summed E-state index contributed by atoms with van der Waals surface area (Å²) in [5.41, 5.74) is -15.4. The highest BCUT2D eigenvalue weighted by molar-refractivity contribution is 6.27. The van der Waals surface area contributed by atoms with E-state index in [1.807, 2.05) is 0 Å². The van der Waals surface area contributed by atoms with Crippen molar-refractivity contribution in [3.63, 3.8) is 0 Å². The van der Waals surface area contributed by atoms with Crippen molar-refractivity contribution >= 4 is 56.6 Å². The second-order valence-corrected chi connectivity index (χ2v) is 17.4. The molecule has 0 radical (unpaired) electrons. The topological polar surface area (TPSA) is 528 Å². The molecule has 1 saturated heterocycles. The van der Waals surface area contributed by atoms with E-state index in [2.05, 4.69) is 0 Å². The number of fused-ring (bicyclic) bond motifs is 10. The van der Waals surface area contributed by atoms with Crippen LogP contribution < -0.4 is 16.0 Å². The molecule has 6 aromatic carbocycles. The average Bonchev–Trinajstić information content (AvgIpc) is 3.59. The van der Waals surface area contributed by atoms with E-state index < -0.39 is 253 Å². The Morgan fingerprint density at radius 1 is 0.367 bits per heavy atom. The molecule has 0 aliphatic carbocycles. The van der Waals surface area contributed by atoms with Gasteiger partial charge in [-0.2, -0.15) is 0 Å². The Balaban J connectivity index is 1.21. The molecule has 0 saturated carbocycles. The second kappa shape index (κ2) is 16.8. The average molecular weight is 1100 g/mol. The molecule has 8 aromatic rings. The van der Waals surface area contributed by atoms with Crippen LogP contribution in [0.3, 0.4) is 0 Å². The van der Waals surface area contributed by atoms with Crippen molar-refractivity contribution < 1.29 is 143 Å². The number of aliphatic hydroxyl groups is 1. The fourth-order valence-electron chi connectivity index (χ4n) is 9.47. The summed E-state index contributed by atoms with van der Waals surface area (Å²) < 4.78 is 44.1. The number of aliphatic hydroxyl groups excluding tert-OH is 1. The highest BCUT2D eigenvalue weighted by Gasteiger charge is 2.54. The van der Waals surface area contributed by atoms with Gasteiger partial charge in [0.2, 0.25) is 46.0 Å². The van der Waals surface area contributed by atoms with Crippen molar-refractivity contribution in [1.82, 2.24) is 0 Å². The summed E-state index contributed by atoms with van der Waals surface area (Å²) in [7, 11) is 0. The van der Waals surface area contributed by atoms with Gasteiger partial charge >= 0.3 is 35.1 Å². The molecule has 79 heavy (non-hydrogen) atoms. The number of rotatable bonds is 0. The molecule has 31 nitrogen and oxygen atoms in total. The van der Waals surface area contributed by atoms with E-state index in [0.717, 1.165) is 0 Å². The van der Waals surface area contributed by atoms with Crippen LogP contribution in [0.4, 0.5) is 0 Å². The van der Waals surface area contributed by atoms with Crippen molar-refractivity contribution in [3.8, 4) is 126 Å². The first-order chi connectivity index (χ1) is 37.2. The van der Waals surface area contributed by atoms with Gasteiger partial charge in [-0.25, -0.2) is 28.8 Å². The first-order valence-corrected chi connectivity index (χ1v) is 21.9. The van der Waals surface area contributed by atoms with E-state index >= 15 is 4.79 Å². The van der Waals surface area contributed by atoms with Gasteiger partial charge in [0.25, 0.3) is 0 Å². The number of phenolic OH excluding ortho intramolecular Hbond substituents is 16. The van der Waals surface area contributed by atoms with Crippen LogP contribution in [0.2, 0.25) is 0 Å². The molecule has 3 aliphatic heterocycles. The monoisotopic (exact) mass is 1100 g/mol. The van der Waals surface area contributed by atoms with Crippen LogP contribution in [0.25, 0.3) is 55.0 Å². The zero-order valence-corrected chi connectivity index (χ0v) is 38.2. The molecule has 2 bridgehead atoms. The minimum absolute atomic E-state index is 0.284. The molecule has 11 rings (SSSR count). The maximum absolute atomic E-state index is 15.0. The lowest BCUT2D eigenvalue weighted by molar-refractivity contribution is -0.284. The molecule has 406 valence electrons. The van der Waals surface area contributed by atoms with E-state index in [9.17, 15) is 111 Å². The lowest BCUT2D eigenvalue weighted by Crippen LogP contribution is -2.62. The van der Waals surface area contributed by atoms with Crippen LogP contribution in [-0.4, -0.2) is 148 Å². The number of aromatic hydroxyl groups is 16. The minimum atomic E-state index is -2.69. The van der Waals surface area contributed by atoms with Crippen LogP contribution in [0.15, 0.2) is 42.7 Å². The highest BCUT2D eigenvalue weighted by atomic mass is 16.7. The molecule has 0 unspecified atom stereocenters. The number of hydrogen-bond acceptors (Lipinski definition) is 31. The summed E-state index contributed by atoms with van der Waals surface area (Å²) in [5, 5.41) is 184. The second-order valence-electron chi connectivity index (χ2n) is 17.4. The molecule has 1 fully saturated rings. The standard InChI is InChI=1S/C48H28O31/c49-10-1-6-15(27(57)23(10)53)16-7(2-11(50)24(54)28(16)58)45(68)79-41-40(78-44(6)67)36-14(73-48(41)71)5-72-42(65)9-4-13(52)26(56)32(62)35(9)74-39-34(64)31(61)22-20-19-21(46(69)77-38(20)39)18(30(60)33(63)37(19)76-47(22)70)17-8(43(66)75-36)3-12(51)25(55)29(17)59/h1-4,14,36,40-41,48-64,71H,5H2/t14-,36+,40+,41-,48-/m1/s1. The first kappa shape index (κ1) is 49.9. The molecule has 0 spiro atoms. The normalized spacial score (nSPS) is 19.2. The summed E-state index contributed by atoms with van der Waals surface area (Å²) in [6.45, 7) is -1.45. The van der Waals surface area contributed by atoms with Gasteiger partial charge in [0.05, 0.1) is 27.5 Å². The lowest BCUT2D eigenvalue weighted by Gasteiger charge is -2.43. The number of hydrogen-bond donors (Lipinski definition) is 17. The Kier molecular flexibility index (Phi) is 10.6. The number of ether oxygens (including phenoxy) is 6. The number of cyclic esters (lactones) is 1. The number of carbonyl (C=O) groups excluding carboxylic acids is 4. The number of benzene rings is 6. The maximum atomic E-state index is 15.0. The molecule has 31 heteroatoms. The van der Waals surface area contributed by atoms with E-state index in [-0.39, 0.29) is 6.07 Å². The quantitative estimate of drug-likeness (QED) is 0.0340. The summed E-state index contributed by atoms with van der Waals surface area (Å²) in [6.07, 6.45) is -12.9. The fraction of sp³-hybridized carbons (Fsp3) is 0.125. The van der Waals surface area contributed by atoms with E-state index in [1.165, 1.54) is 0 Å².